The van der Waals surface area contributed by atoms with Gasteiger partial charge in [-0.3, -0.25) is 4.79 Å². The largest absolute Gasteiger partial charge is 1.00 e. The van der Waals surface area contributed by atoms with Crippen molar-refractivity contribution in [3.05, 3.63) is 82.6 Å². The second kappa shape index (κ2) is 13.0. The number of amides is 1. The SMILES string of the molecule is CCOC(=O)C1=C(O)C2c3c(nc(CC)n3Cc3ccc(-c4ccccc4-c4nn[nH]n4)cc3)CCN2C1=O.[H-].[H-].[Na+].[Na+]. The van der Waals surface area contributed by atoms with Crippen molar-refractivity contribution in [1.29, 1.82) is 0 Å². The normalized spacial score (nSPS) is 15.6. The zero-order chi connectivity index (χ0) is 27.1. The molecule has 0 bridgehead atoms. The summed E-state index contributed by atoms with van der Waals surface area (Å²) in [4.78, 5) is 31.9. The molecule has 0 saturated heterocycles. The van der Waals surface area contributed by atoms with Crippen LogP contribution < -0.4 is 59.1 Å². The predicted octanol–water partition coefficient (Wildman–Crippen LogP) is -2.61. The number of esters is 1. The Morgan fingerprint density at radius 3 is 2.51 bits per heavy atom. The van der Waals surface area contributed by atoms with Gasteiger partial charge in [-0.2, -0.15) is 5.21 Å². The number of rotatable bonds is 7. The Bertz CT molecular complexity index is 1610. The topological polar surface area (TPSA) is 139 Å². The number of aromatic amines is 1. The molecule has 2 aliphatic heterocycles. The first-order valence-electron chi connectivity index (χ1n) is 12.9. The van der Waals surface area contributed by atoms with Crippen molar-refractivity contribution in [2.24, 2.45) is 0 Å². The van der Waals surface area contributed by atoms with Crippen molar-refractivity contribution in [2.75, 3.05) is 13.2 Å². The molecule has 6 rings (SSSR count). The summed E-state index contributed by atoms with van der Waals surface area (Å²) in [5, 5.41) is 25.5. The third-order valence-corrected chi connectivity index (χ3v) is 7.23. The fourth-order valence-corrected chi connectivity index (χ4v) is 5.47. The summed E-state index contributed by atoms with van der Waals surface area (Å²) in [6.45, 7) is 4.68. The van der Waals surface area contributed by atoms with Crippen LogP contribution in [0.15, 0.2) is 59.9 Å². The maximum Gasteiger partial charge on any atom is 1.00 e. The van der Waals surface area contributed by atoms with Crippen LogP contribution in [0.25, 0.3) is 22.5 Å². The van der Waals surface area contributed by atoms with Crippen LogP contribution in [0.2, 0.25) is 0 Å². The average molecular weight is 574 g/mol. The van der Waals surface area contributed by atoms with E-state index in [0.717, 1.165) is 39.5 Å². The Hall–Kier alpha value is -2.80. The molecule has 13 heteroatoms. The first kappa shape index (κ1) is 31.1. The minimum atomic E-state index is -0.797. The number of ether oxygens (including phenoxy) is 1. The number of fused-ring (bicyclic) bond motifs is 3. The van der Waals surface area contributed by atoms with Gasteiger partial charge in [0.05, 0.1) is 18.0 Å². The number of tetrazole rings is 1. The van der Waals surface area contributed by atoms with E-state index in [-0.39, 0.29) is 79.9 Å². The monoisotopic (exact) mass is 573 g/mol. The number of nitrogens with one attached hydrogen (secondary N) is 1. The molecule has 4 aromatic rings. The number of H-pyrrole nitrogens is 1. The fraction of sp³-hybridized carbons (Fsp3) is 0.286. The van der Waals surface area contributed by atoms with Gasteiger partial charge in [-0.25, -0.2) is 9.78 Å². The number of aliphatic hydroxyl groups is 1. The van der Waals surface area contributed by atoms with Crippen LogP contribution in [0.5, 0.6) is 0 Å². The van der Waals surface area contributed by atoms with Crippen molar-refractivity contribution < 1.29 is 81.4 Å². The average Bonchev–Trinajstić information content (AvgIpc) is 3.67. The van der Waals surface area contributed by atoms with Gasteiger partial charge in [0, 0.05) is 31.5 Å². The molecule has 41 heavy (non-hydrogen) atoms. The Morgan fingerprint density at radius 1 is 1.12 bits per heavy atom. The van der Waals surface area contributed by atoms with E-state index in [0.29, 0.717) is 31.8 Å². The predicted molar refractivity (Wildman–Crippen MR) is 142 cm³/mol. The van der Waals surface area contributed by atoms with E-state index >= 15 is 0 Å². The summed E-state index contributed by atoms with van der Waals surface area (Å²) in [5.74, 6) is -0.181. The molecule has 11 nitrogen and oxygen atoms in total. The summed E-state index contributed by atoms with van der Waals surface area (Å²) >= 11 is 0. The molecular formula is C28H29N7Na2O4. The van der Waals surface area contributed by atoms with E-state index in [1.54, 1.807) is 11.8 Å². The summed E-state index contributed by atoms with van der Waals surface area (Å²) in [6.07, 6.45) is 1.23. The quantitative estimate of drug-likeness (QED) is 0.139. The summed E-state index contributed by atoms with van der Waals surface area (Å²) in [5.41, 5.74) is 5.20. The second-order valence-corrected chi connectivity index (χ2v) is 9.41. The molecule has 1 amide bonds. The third-order valence-electron chi connectivity index (χ3n) is 7.23. The molecule has 202 valence electrons. The minimum Gasteiger partial charge on any atom is -1.00 e. The minimum absolute atomic E-state index is 0. The molecule has 4 heterocycles. The van der Waals surface area contributed by atoms with E-state index in [2.05, 4.69) is 25.2 Å². The van der Waals surface area contributed by atoms with Crippen LogP contribution in [0.1, 0.15) is 45.5 Å². The van der Waals surface area contributed by atoms with Crippen LogP contribution in [0.4, 0.5) is 0 Å². The van der Waals surface area contributed by atoms with Crippen molar-refractivity contribution in [3.63, 3.8) is 0 Å². The van der Waals surface area contributed by atoms with Crippen LogP contribution in [-0.2, 0) is 33.7 Å². The molecule has 2 aromatic heterocycles. The van der Waals surface area contributed by atoms with Gasteiger partial charge in [0.2, 0.25) is 5.82 Å². The maximum absolute atomic E-state index is 13.1. The number of hydrogen-bond acceptors (Lipinski definition) is 8. The van der Waals surface area contributed by atoms with E-state index in [9.17, 15) is 14.7 Å². The summed E-state index contributed by atoms with van der Waals surface area (Å²) < 4.78 is 7.11. The van der Waals surface area contributed by atoms with Crippen molar-refractivity contribution in [2.45, 2.75) is 39.3 Å². The molecule has 1 atom stereocenters. The smallest absolute Gasteiger partial charge is 1.00 e. The zero-order valence-electron chi connectivity index (χ0n) is 25.6. The van der Waals surface area contributed by atoms with Gasteiger partial charge in [0.15, 0.2) is 5.57 Å². The number of aryl methyl sites for hydroxylation is 1. The Balaban J connectivity index is 0.00000161. The fourth-order valence-electron chi connectivity index (χ4n) is 5.47. The molecule has 2 aliphatic rings. The van der Waals surface area contributed by atoms with Crippen molar-refractivity contribution in [3.8, 4) is 22.5 Å². The first-order chi connectivity index (χ1) is 19.0. The number of benzene rings is 2. The number of carbonyl (C=O) groups excluding carboxylic acids is 2. The summed E-state index contributed by atoms with van der Waals surface area (Å²) in [6, 6.07) is 15.3. The number of carbonyl (C=O) groups is 2. The van der Waals surface area contributed by atoms with Crippen molar-refractivity contribution in [1.82, 2.24) is 35.1 Å². The molecular weight excluding hydrogens is 544 g/mol. The van der Waals surface area contributed by atoms with Gasteiger partial charge in [0.25, 0.3) is 5.91 Å². The molecule has 0 fully saturated rings. The molecule has 0 radical (unpaired) electrons. The molecule has 0 saturated carbocycles. The maximum atomic E-state index is 13.1. The number of nitrogens with zero attached hydrogens (tertiary/aromatic N) is 6. The van der Waals surface area contributed by atoms with Crippen LogP contribution in [-0.4, -0.2) is 65.2 Å². The third kappa shape index (κ3) is 5.54. The summed E-state index contributed by atoms with van der Waals surface area (Å²) in [7, 11) is 0. The Kier molecular flexibility index (Phi) is 9.89. The zero-order valence-corrected chi connectivity index (χ0v) is 27.6. The van der Waals surface area contributed by atoms with Crippen LogP contribution in [0.3, 0.4) is 0 Å². The van der Waals surface area contributed by atoms with Gasteiger partial charge in [-0.15, -0.1) is 10.2 Å². The van der Waals surface area contributed by atoms with Crippen LogP contribution in [0, 0.1) is 0 Å². The number of aromatic nitrogens is 6. The number of hydrogen-bond donors (Lipinski definition) is 2. The van der Waals surface area contributed by atoms with Crippen LogP contribution >= 0.6 is 0 Å². The Morgan fingerprint density at radius 2 is 1.85 bits per heavy atom. The first-order valence-corrected chi connectivity index (χ1v) is 12.9. The molecule has 2 aromatic carbocycles. The molecule has 2 N–H and O–H groups in total. The van der Waals surface area contributed by atoms with E-state index in [4.69, 9.17) is 9.72 Å². The molecule has 1 unspecified atom stereocenters. The standard InChI is InChI=1S/C28H27N7O4.2Na.2H/c1-3-21-29-20-13-14-34-24(25(36)22(27(34)37)28(38)39-4-2)23(20)35(21)15-16-9-11-17(12-10-16)18-7-5-6-8-19(18)26-30-32-33-31-26;;;;/h5-12,24,36H,3-4,13-15H2,1-2H3,(H,30,31,32,33);;;;/q;2*+1;2*-1. The van der Waals surface area contributed by atoms with Gasteiger partial charge in [0.1, 0.15) is 17.6 Å². The van der Waals surface area contributed by atoms with E-state index < -0.39 is 17.9 Å². The van der Waals surface area contributed by atoms with E-state index in [1.165, 1.54) is 0 Å². The van der Waals surface area contributed by atoms with E-state index in [1.807, 2.05) is 55.5 Å². The number of aliphatic hydroxyl groups excluding tert-OH is 1. The number of imidazole rings is 1. The molecule has 0 spiro atoms. The second-order valence-electron chi connectivity index (χ2n) is 9.41. The molecule has 0 aliphatic carbocycles. The van der Waals surface area contributed by atoms with Crippen molar-refractivity contribution >= 4 is 11.9 Å². The van der Waals surface area contributed by atoms with Gasteiger partial charge < -0.3 is 22.2 Å². The van der Waals surface area contributed by atoms with Gasteiger partial charge in [-0.1, -0.05) is 55.5 Å². The van der Waals surface area contributed by atoms with Gasteiger partial charge >= 0.3 is 65.1 Å². The Labute approximate surface area is 283 Å². The van der Waals surface area contributed by atoms with Gasteiger partial charge in [-0.05, 0) is 28.8 Å².